The Kier molecular flexibility index (Phi) is 6.06. The lowest BCUT2D eigenvalue weighted by Crippen LogP contribution is -2.41. The van der Waals surface area contributed by atoms with Gasteiger partial charge in [-0.3, -0.25) is 9.59 Å². The highest BCUT2D eigenvalue weighted by Gasteiger charge is 2.29. The van der Waals surface area contributed by atoms with Gasteiger partial charge in [-0.2, -0.15) is 0 Å². The molecule has 1 amide bonds. The molecule has 1 aliphatic heterocycles. The molecule has 0 spiro atoms. The normalized spacial score (nSPS) is 17.5. The maximum absolute atomic E-state index is 12.4. The minimum atomic E-state index is -1.03. The van der Waals surface area contributed by atoms with Gasteiger partial charge in [0.05, 0.1) is 12.5 Å². The topological polar surface area (TPSA) is 66.8 Å². The number of hydrogen-bond donors (Lipinski definition) is 1. The summed E-state index contributed by atoms with van der Waals surface area (Å²) in [6.07, 6.45) is 1.11. The number of amides is 1. The number of carboxylic acid groups (broad SMARTS) is 1. The molecule has 1 aromatic rings. The van der Waals surface area contributed by atoms with Crippen LogP contribution in [-0.4, -0.2) is 48.2 Å². The molecule has 0 aromatic heterocycles. The molecule has 0 aliphatic carbocycles. The molecule has 7 heteroatoms. The molecule has 1 atom stereocenters. The smallest absolute Gasteiger partial charge is 0.323 e. The average Bonchev–Trinajstić information content (AvgIpc) is 2.98. The number of ether oxygens (including phenoxy) is 1. The van der Waals surface area contributed by atoms with Gasteiger partial charge in [0.25, 0.3) is 0 Å². The van der Waals surface area contributed by atoms with Gasteiger partial charge in [-0.1, -0.05) is 29.3 Å². The van der Waals surface area contributed by atoms with Crippen molar-refractivity contribution in [1.29, 1.82) is 0 Å². The third kappa shape index (κ3) is 4.60. The molecule has 0 bridgehead atoms. The highest BCUT2D eigenvalue weighted by atomic mass is 35.5. The molecular formula is C15H17Cl2NO4. The first-order chi connectivity index (χ1) is 10.5. The number of rotatable bonds is 6. The average molecular weight is 346 g/mol. The van der Waals surface area contributed by atoms with Crippen LogP contribution in [0.1, 0.15) is 12.0 Å². The summed E-state index contributed by atoms with van der Waals surface area (Å²) in [4.78, 5) is 24.7. The van der Waals surface area contributed by atoms with E-state index in [9.17, 15) is 9.59 Å². The van der Waals surface area contributed by atoms with Crippen LogP contribution in [0.25, 0.3) is 0 Å². The lowest BCUT2D eigenvalue weighted by atomic mass is 10.1. The second-order valence-electron chi connectivity index (χ2n) is 5.20. The number of hydrogen-bond acceptors (Lipinski definition) is 3. The number of carboxylic acids is 1. The Bertz CT molecular complexity index is 558. The minimum absolute atomic E-state index is 0.176. The standard InChI is InChI=1S/C15H17Cl2NO4/c16-12-2-1-10(13(17)7-12)3-5-18(8-14(19)20)15(21)11-4-6-22-9-11/h1-2,7,11H,3-6,8-9H2,(H,19,20). The molecule has 1 heterocycles. The Morgan fingerprint density at radius 2 is 2.14 bits per heavy atom. The summed E-state index contributed by atoms with van der Waals surface area (Å²) < 4.78 is 5.20. The quantitative estimate of drug-likeness (QED) is 0.859. The Morgan fingerprint density at radius 3 is 2.73 bits per heavy atom. The monoisotopic (exact) mass is 345 g/mol. The Balaban J connectivity index is 2.02. The molecule has 0 radical (unpaired) electrons. The third-order valence-corrected chi connectivity index (χ3v) is 4.17. The molecule has 2 rings (SSSR count). The van der Waals surface area contributed by atoms with E-state index >= 15 is 0 Å². The van der Waals surface area contributed by atoms with E-state index in [2.05, 4.69) is 0 Å². The molecule has 1 aliphatic rings. The number of halogens is 2. The van der Waals surface area contributed by atoms with Crippen molar-refractivity contribution in [2.75, 3.05) is 26.3 Å². The molecule has 1 saturated heterocycles. The van der Waals surface area contributed by atoms with Crippen LogP contribution in [0.15, 0.2) is 18.2 Å². The predicted molar refractivity (Wildman–Crippen MR) is 83.3 cm³/mol. The summed E-state index contributed by atoms with van der Waals surface area (Å²) in [5.74, 6) is -1.46. The first kappa shape index (κ1) is 17.1. The summed E-state index contributed by atoms with van der Waals surface area (Å²) in [7, 11) is 0. The lowest BCUT2D eigenvalue weighted by molar-refractivity contribution is -0.146. The predicted octanol–water partition coefficient (Wildman–Crippen LogP) is 2.49. The Morgan fingerprint density at radius 1 is 1.36 bits per heavy atom. The molecule has 22 heavy (non-hydrogen) atoms. The van der Waals surface area contributed by atoms with Crippen molar-refractivity contribution in [3.63, 3.8) is 0 Å². The number of nitrogens with zero attached hydrogens (tertiary/aromatic N) is 1. The molecule has 1 unspecified atom stereocenters. The van der Waals surface area contributed by atoms with E-state index in [0.717, 1.165) is 5.56 Å². The fraction of sp³-hybridized carbons (Fsp3) is 0.467. The van der Waals surface area contributed by atoms with Crippen molar-refractivity contribution in [2.45, 2.75) is 12.8 Å². The highest BCUT2D eigenvalue weighted by Crippen LogP contribution is 2.22. The lowest BCUT2D eigenvalue weighted by Gasteiger charge is -2.23. The number of benzene rings is 1. The van der Waals surface area contributed by atoms with Gasteiger partial charge in [-0.15, -0.1) is 0 Å². The van der Waals surface area contributed by atoms with Crippen LogP contribution in [0.2, 0.25) is 10.0 Å². The Hall–Kier alpha value is -1.30. The molecule has 5 nitrogen and oxygen atoms in total. The zero-order valence-corrected chi connectivity index (χ0v) is 13.4. The Labute approximate surface area is 138 Å². The van der Waals surface area contributed by atoms with Gasteiger partial charge in [0.2, 0.25) is 5.91 Å². The summed E-state index contributed by atoms with van der Waals surface area (Å²) in [5, 5.41) is 10.0. The van der Waals surface area contributed by atoms with Crippen molar-refractivity contribution in [3.05, 3.63) is 33.8 Å². The van der Waals surface area contributed by atoms with E-state index in [1.165, 1.54) is 4.90 Å². The second kappa shape index (κ2) is 7.81. The van der Waals surface area contributed by atoms with Gasteiger partial charge in [0.1, 0.15) is 6.54 Å². The van der Waals surface area contributed by atoms with E-state index in [1.54, 1.807) is 18.2 Å². The van der Waals surface area contributed by atoms with Crippen LogP contribution in [0.4, 0.5) is 0 Å². The van der Waals surface area contributed by atoms with Crippen LogP contribution in [0.5, 0.6) is 0 Å². The zero-order chi connectivity index (χ0) is 16.1. The van der Waals surface area contributed by atoms with Crippen molar-refractivity contribution >= 4 is 35.1 Å². The fourth-order valence-corrected chi connectivity index (χ4v) is 2.90. The first-order valence-electron chi connectivity index (χ1n) is 6.99. The van der Waals surface area contributed by atoms with Gasteiger partial charge in [-0.05, 0) is 30.5 Å². The van der Waals surface area contributed by atoms with Crippen molar-refractivity contribution < 1.29 is 19.4 Å². The molecule has 0 saturated carbocycles. The van der Waals surface area contributed by atoms with E-state index in [0.29, 0.717) is 42.6 Å². The van der Waals surface area contributed by atoms with Crippen LogP contribution < -0.4 is 0 Å². The maximum Gasteiger partial charge on any atom is 0.323 e. The van der Waals surface area contributed by atoms with Gasteiger partial charge in [-0.25, -0.2) is 0 Å². The fourth-order valence-electron chi connectivity index (χ4n) is 2.40. The van der Waals surface area contributed by atoms with E-state index in [1.807, 2.05) is 0 Å². The highest BCUT2D eigenvalue weighted by molar-refractivity contribution is 6.35. The minimum Gasteiger partial charge on any atom is -0.480 e. The van der Waals surface area contributed by atoms with Gasteiger partial charge >= 0.3 is 5.97 Å². The summed E-state index contributed by atoms with van der Waals surface area (Å²) in [6, 6.07) is 5.14. The van der Waals surface area contributed by atoms with Crippen molar-refractivity contribution in [1.82, 2.24) is 4.90 Å². The number of aliphatic carboxylic acids is 1. The zero-order valence-electron chi connectivity index (χ0n) is 11.9. The van der Waals surface area contributed by atoms with Gasteiger partial charge < -0.3 is 14.7 Å². The third-order valence-electron chi connectivity index (χ3n) is 3.58. The van der Waals surface area contributed by atoms with E-state index in [4.69, 9.17) is 33.0 Å². The van der Waals surface area contributed by atoms with Crippen LogP contribution in [-0.2, 0) is 20.7 Å². The van der Waals surface area contributed by atoms with Gasteiger partial charge in [0.15, 0.2) is 0 Å². The molecule has 1 N–H and O–H groups in total. The van der Waals surface area contributed by atoms with Gasteiger partial charge in [0, 0.05) is 23.2 Å². The number of carbonyl (C=O) groups excluding carboxylic acids is 1. The van der Waals surface area contributed by atoms with Crippen molar-refractivity contribution in [2.24, 2.45) is 5.92 Å². The molecular weight excluding hydrogens is 329 g/mol. The first-order valence-corrected chi connectivity index (χ1v) is 7.75. The summed E-state index contributed by atoms with van der Waals surface area (Å²) >= 11 is 11.9. The largest absolute Gasteiger partial charge is 0.480 e. The van der Waals surface area contributed by atoms with Crippen LogP contribution in [0, 0.1) is 5.92 Å². The summed E-state index contributed by atoms with van der Waals surface area (Å²) in [6.45, 7) is 0.876. The van der Waals surface area contributed by atoms with Crippen LogP contribution >= 0.6 is 23.2 Å². The van der Waals surface area contributed by atoms with Crippen molar-refractivity contribution in [3.8, 4) is 0 Å². The SMILES string of the molecule is O=C(O)CN(CCc1ccc(Cl)cc1Cl)C(=O)C1CCOC1. The molecule has 1 aromatic carbocycles. The van der Waals surface area contributed by atoms with E-state index < -0.39 is 5.97 Å². The summed E-state index contributed by atoms with van der Waals surface area (Å²) in [5.41, 5.74) is 0.830. The molecule has 120 valence electrons. The van der Waals surface area contributed by atoms with Crippen LogP contribution in [0.3, 0.4) is 0 Å². The number of carbonyl (C=O) groups is 2. The maximum atomic E-state index is 12.4. The van der Waals surface area contributed by atoms with E-state index in [-0.39, 0.29) is 18.4 Å². The molecule has 1 fully saturated rings. The second-order valence-corrected chi connectivity index (χ2v) is 6.04.